The summed E-state index contributed by atoms with van der Waals surface area (Å²) in [5, 5.41) is 0. The van der Waals surface area contributed by atoms with Crippen LogP contribution < -0.4 is 5.73 Å². The number of amides is 3. The minimum absolute atomic E-state index is 0.0455. The van der Waals surface area contributed by atoms with Gasteiger partial charge in [0.1, 0.15) is 6.04 Å². The van der Waals surface area contributed by atoms with E-state index in [1.807, 2.05) is 0 Å². The van der Waals surface area contributed by atoms with Crippen LogP contribution in [-0.4, -0.2) is 60.5 Å². The second-order valence-corrected chi connectivity index (χ2v) is 5.32. The molecule has 7 nitrogen and oxygen atoms in total. The molecular weight excluding hydrogens is 262 g/mol. The molecule has 0 aliphatic carbocycles. The smallest absolute Gasteiger partial charge is 0.410 e. The topological polar surface area (TPSA) is 92.9 Å². The van der Waals surface area contributed by atoms with Crippen LogP contribution in [0.4, 0.5) is 4.79 Å². The maximum absolute atomic E-state index is 12.5. The first-order valence-corrected chi connectivity index (χ1v) is 6.97. The molecule has 0 saturated carbocycles. The highest BCUT2D eigenvalue weighted by molar-refractivity contribution is 5.86. The highest BCUT2D eigenvalue weighted by Gasteiger charge is 2.38. The largest absolute Gasteiger partial charge is 0.453 e. The number of carbonyl (C=O) groups excluding carboxylic acids is 3. The van der Waals surface area contributed by atoms with Gasteiger partial charge in [-0.3, -0.25) is 14.5 Å². The Kier molecular flexibility index (Phi) is 4.46. The third-order valence-corrected chi connectivity index (χ3v) is 4.16. The molecule has 2 aliphatic heterocycles. The zero-order valence-corrected chi connectivity index (χ0v) is 11.7. The van der Waals surface area contributed by atoms with Crippen LogP contribution in [0.1, 0.15) is 25.7 Å². The van der Waals surface area contributed by atoms with Crippen molar-refractivity contribution in [2.75, 3.05) is 26.7 Å². The number of methoxy groups -OCH3 is 1. The van der Waals surface area contributed by atoms with E-state index in [-0.39, 0.29) is 17.7 Å². The van der Waals surface area contributed by atoms with Gasteiger partial charge in [-0.2, -0.15) is 0 Å². The van der Waals surface area contributed by atoms with Gasteiger partial charge in [0.2, 0.25) is 11.8 Å². The Hall–Kier alpha value is -1.79. The number of ether oxygens (including phenoxy) is 1. The van der Waals surface area contributed by atoms with E-state index in [0.29, 0.717) is 38.9 Å². The summed E-state index contributed by atoms with van der Waals surface area (Å²) in [6, 6.07) is -0.424. The van der Waals surface area contributed by atoms with Crippen molar-refractivity contribution in [3.63, 3.8) is 0 Å². The van der Waals surface area contributed by atoms with Gasteiger partial charge in [0, 0.05) is 25.6 Å². The van der Waals surface area contributed by atoms with Crippen molar-refractivity contribution >= 4 is 17.9 Å². The summed E-state index contributed by atoms with van der Waals surface area (Å²) >= 11 is 0. The molecular formula is C13H21N3O4. The number of carbonyl (C=O) groups is 3. The minimum atomic E-state index is -0.451. The fourth-order valence-electron chi connectivity index (χ4n) is 2.95. The number of hydrogen-bond acceptors (Lipinski definition) is 4. The number of hydrogen-bond donors (Lipinski definition) is 1. The van der Waals surface area contributed by atoms with E-state index in [0.717, 1.165) is 6.42 Å². The second kappa shape index (κ2) is 6.11. The number of primary amides is 1. The lowest BCUT2D eigenvalue weighted by Crippen LogP contribution is -2.50. The summed E-state index contributed by atoms with van der Waals surface area (Å²) in [5.41, 5.74) is 5.28. The van der Waals surface area contributed by atoms with E-state index in [1.54, 1.807) is 4.90 Å². The molecule has 1 unspecified atom stereocenters. The Morgan fingerprint density at radius 3 is 2.30 bits per heavy atom. The van der Waals surface area contributed by atoms with Gasteiger partial charge in [0.05, 0.1) is 7.11 Å². The summed E-state index contributed by atoms with van der Waals surface area (Å²) in [7, 11) is 1.32. The minimum Gasteiger partial charge on any atom is -0.453 e. The zero-order chi connectivity index (χ0) is 14.7. The van der Waals surface area contributed by atoms with Crippen molar-refractivity contribution in [3.05, 3.63) is 0 Å². The van der Waals surface area contributed by atoms with Crippen molar-refractivity contribution in [2.45, 2.75) is 31.7 Å². The molecule has 2 N–H and O–H groups in total. The summed E-state index contributed by atoms with van der Waals surface area (Å²) in [6.07, 6.45) is 2.23. The van der Waals surface area contributed by atoms with Crippen molar-refractivity contribution in [1.82, 2.24) is 9.80 Å². The molecule has 2 heterocycles. The Labute approximate surface area is 118 Å². The van der Waals surface area contributed by atoms with E-state index in [4.69, 9.17) is 10.5 Å². The van der Waals surface area contributed by atoms with E-state index in [2.05, 4.69) is 0 Å². The fraction of sp³-hybridized carbons (Fsp3) is 0.769. The molecule has 0 radical (unpaired) electrons. The first-order valence-electron chi connectivity index (χ1n) is 6.97. The lowest BCUT2D eigenvalue weighted by molar-refractivity contribution is -0.138. The molecule has 0 bridgehead atoms. The van der Waals surface area contributed by atoms with E-state index < -0.39 is 12.1 Å². The standard InChI is InChI=1S/C13H21N3O4/c1-20-13(19)16-6-2-3-10(16)12(18)15-7-4-9(5-8-15)11(14)17/h9-10H,2-8H2,1H3,(H2,14,17). The normalized spacial score (nSPS) is 23.8. The molecule has 20 heavy (non-hydrogen) atoms. The van der Waals surface area contributed by atoms with Crippen molar-refractivity contribution in [1.29, 1.82) is 0 Å². The average molecular weight is 283 g/mol. The van der Waals surface area contributed by atoms with Gasteiger partial charge < -0.3 is 15.4 Å². The third-order valence-electron chi connectivity index (χ3n) is 4.16. The lowest BCUT2D eigenvalue weighted by atomic mass is 9.95. The fourth-order valence-corrected chi connectivity index (χ4v) is 2.95. The van der Waals surface area contributed by atoms with E-state index >= 15 is 0 Å². The quantitative estimate of drug-likeness (QED) is 0.768. The van der Waals surface area contributed by atoms with Gasteiger partial charge in [0.25, 0.3) is 0 Å². The van der Waals surface area contributed by atoms with E-state index in [1.165, 1.54) is 12.0 Å². The summed E-state index contributed by atoms with van der Waals surface area (Å²) in [5.74, 6) is -0.482. The molecule has 0 aromatic rings. The van der Waals surface area contributed by atoms with Gasteiger partial charge in [0.15, 0.2) is 0 Å². The molecule has 2 saturated heterocycles. The average Bonchev–Trinajstić information content (AvgIpc) is 2.95. The molecule has 112 valence electrons. The number of piperidine rings is 1. The first-order chi connectivity index (χ1) is 9.54. The lowest BCUT2D eigenvalue weighted by Gasteiger charge is -2.34. The highest BCUT2D eigenvalue weighted by atomic mass is 16.5. The maximum Gasteiger partial charge on any atom is 0.410 e. The van der Waals surface area contributed by atoms with Crippen LogP contribution in [0.5, 0.6) is 0 Å². The zero-order valence-electron chi connectivity index (χ0n) is 11.7. The molecule has 2 rings (SSSR count). The SMILES string of the molecule is COC(=O)N1CCCC1C(=O)N1CCC(C(N)=O)CC1. The van der Waals surface area contributed by atoms with Crippen LogP contribution >= 0.6 is 0 Å². The van der Waals surface area contributed by atoms with Gasteiger partial charge in [-0.25, -0.2) is 4.79 Å². The Bertz CT molecular complexity index is 404. The number of likely N-dealkylation sites (tertiary alicyclic amines) is 2. The van der Waals surface area contributed by atoms with Gasteiger partial charge in [-0.05, 0) is 25.7 Å². The van der Waals surface area contributed by atoms with Crippen LogP contribution in [0.3, 0.4) is 0 Å². The van der Waals surface area contributed by atoms with Gasteiger partial charge in [-0.15, -0.1) is 0 Å². The van der Waals surface area contributed by atoms with Crippen LogP contribution in [0, 0.1) is 5.92 Å². The Morgan fingerprint density at radius 2 is 1.75 bits per heavy atom. The van der Waals surface area contributed by atoms with Crippen LogP contribution in [0.15, 0.2) is 0 Å². The third kappa shape index (κ3) is 2.86. The van der Waals surface area contributed by atoms with Crippen molar-refractivity contribution in [2.24, 2.45) is 11.7 Å². The van der Waals surface area contributed by atoms with Crippen molar-refractivity contribution in [3.8, 4) is 0 Å². The first kappa shape index (κ1) is 14.6. The summed E-state index contributed by atoms with van der Waals surface area (Å²) in [4.78, 5) is 38.4. The molecule has 7 heteroatoms. The molecule has 2 fully saturated rings. The van der Waals surface area contributed by atoms with E-state index in [9.17, 15) is 14.4 Å². The predicted octanol–water partition coefficient (Wildman–Crippen LogP) is -0.0589. The second-order valence-electron chi connectivity index (χ2n) is 5.32. The Balaban J connectivity index is 1.94. The number of nitrogens with zero attached hydrogens (tertiary/aromatic N) is 2. The number of rotatable bonds is 2. The molecule has 0 spiro atoms. The van der Waals surface area contributed by atoms with Crippen LogP contribution in [-0.2, 0) is 14.3 Å². The molecule has 1 atom stereocenters. The van der Waals surface area contributed by atoms with Crippen LogP contribution in [0.2, 0.25) is 0 Å². The molecule has 0 aromatic carbocycles. The molecule has 0 aromatic heterocycles. The molecule has 2 aliphatic rings. The summed E-state index contributed by atoms with van der Waals surface area (Å²) in [6.45, 7) is 1.61. The van der Waals surface area contributed by atoms with Crippen molar-refractivity contribution < 1.29 is 19.1 Å². The molecule has 3 amide bonds. The number of nitrogens with two attached hydrogens (primary N) is 1. The monoisotopic (exact) mass is 283 g/mol. The Morgan fingerprint density at radius 1 is 1.10 bits per heavy atom. The van der Waals surface area contributed by atoms with Crippen LogP contribution in [0.25, 0.3) is 0 Å². The van der Waals surface area contributed by atoms with Gasteiger partial charge >= 0.3 is 6.09 Å². The summed E-state index contributed by atoms with van der Waals surface area (Å²) < 4.78 is 4.71. The van der Waals surface area contributed by atoms with Gasteiger partial charge in [-0.1, -0.05) is 0 Å². The predicted molar refractivity (Wildman–Crippen MR) is 70.6 cm³/mol. The highest BCUT2D eigenvalue weighted by Crippen LogP contribution is 2.23. The maximum atomic E-state index is 12.5.